The third-order valence-electron chi connectivity index (χ3n) is 5.96. The molecule has 1 heterocycles. The number of halogens is 2. The first-order valence-electron chi connectivity index (χ1n) is 11.6. The van der Waals surface area contributed by atoms with Crippen LogP contribution >= 0.6 is 23.2 Å². The molecule has 0 saturated carbocycles. The molecule has 0 saturated heterocycles. The van der Waals surface area contributed by atoms with Gasteiger partial charge in [-0.2, -0.15) is 10.5 Å². The largest absolute Gasteiger partial charge is 0.489 e. The minimum absolute atomic E-state index is 0.0670. The van der Waals surface area contributed by atoms with E-state index in [0.29, 0.717) is 28.6 Å². The van der Waals surface area contributed by atoms with Gasteiger partial charge in [-0.3, -0.25) is 4.79 Å². The van der Waals surface area contributed by atoms with Gasteiger partial charge >= 0.3 is 0 Å². The molecule has 0 aliphatic carbocycles. The molecule has 4 rings (SSSR count). The van der Waals surface area contributed by atoms with Crippen LogP contribution in [0.15, 0.2) is 78.4 Å². The molecule has 1 amide bonds. The van der Waals surface area contributed by atoms with E-state index in [1.807, 2.05) is 73.0 Å². The van der Waals surface area contributed by atoms with Crippen LogP contribution in [0.25, 0.3) is 11.8 Å². The summed E-state index contributed by atoms with van der Waals surface area (Å²) >= 11 is 12.2. The van der Waals surface area contributed by atoms with Crippen LogP contribution in [0.4, 0.5) is 5.69 Å². The Hall–Kier alpha value is -4.49. The predicted molar refractivity (Wildman–Crippen MR) is 149 cm³/mol. The van der Waals surface area contributed by atoms with Crippen molar-refractivity contribution in [3.63, 3.8) is 0 Å². The zero-order chi connectivity index (χ0) is 27.2. The van der Waals surface area contributed by atoms with Gasteiger partial charge in [-0.15, -0.1) is 0 Å². The summed E-state index contributed by atoms with van der Waals surface area (Å²) < 4.78 is 7.91. The Labute approximate surface area is 230 Å². The molecule has 3 aromatic carbocycles. The average Bonchev–Trinajstić information content (AvgIpc) is 3.21. The number of rotatable bonds is 7. The number of nitrogens with zero attached hydrogens (tertiary/aromatic N) is 3. The van der Waals surface area contributed by atoms with E-state index in [4.69, 9.17) is 27.9 Å². The van der Waals surface area contributed by atoms with Crippen LogP contribution in [0.2, 0.25) is 10.0 Å². The summed E-state index contributed by atoms with van der Waals surface area (Å²) in [4.78, 5) is 12.8. The fourth-order valence-corrected chi connectivity index (χ4v) is 4.38. The molecule has 1 N–H and O–H groups in total. The highest BCUT2D eigenvalue weighted by molar-refractivity contribution is 6.44. The van der Waals surface area contributed by atoms with Gasteiger partial charge in [0.2, 0.25) is 0 Å². The number of aromatic nitrogens is 1. The molecule has 6 nitrogen and oxygen atoms in total. The van der Waals surface area contributed by atoms with Crippen LogP contribution in [0, 0.1) is 36.5 Å². The lowest BCUT2D eigenvalue weighted by atomic mass is 10.1. The van der Waals surface area contributed by atoms with E-state index in [9.17, 15) is 15.3 Å². The van der Waals surface area contributed by atoms with Crippen LogP contribution in [0.3, 0.4) is 0 Å². The van der Waals surface area contributed by atoms with Crippen LogP contribution in [0.5, 0.6) is 5.75 Å². The van der Waals surface area contributed by atoms with Crippen LogP contribution in [0.1, 0.15) is 28.1 Å². The molecule has 0 unspecified atom stereocenters. The summed E-state index contributed by atoms with van der Waals surface area (Å²) in [6.45, 7) is 4.16. The van der Waals surface area contributed by atoms with Gasteiger partial charge in [0.25, 0.3) is 5.91 Å². The zero-order valence-electron chi connectivity index (χ0n) is 20.6. The quantitative estimate of drug-likeness (QED) is 0.195. The SMILES string of the molecule is Cc1cc(/C=C(/C#N)C(=O)Nc2cccc(Cl)c2Cl)c(C)n1-c1ccc(OCc2ccccc2C#N)cc1. The van der Waals surface area contributed by atoms with E-state index in [0.717, 1.165) is 28.2 Å². The van der Waals surface area contributed by atoms with Gasteiger partial charge < -0.3 is 14.6 Å². The van der Waals surface area contributed by atoms with Crippen molar-refractivity contribution in [2.75, 3.05) is 5.32 Å². The van der Waals surface area contributed by atoms with Crippen molar-refractivity contribution < 1.29 is 9.53 Å². The van der Waals surface area contributed by atoms with Crippen molar-refractivity contribution in [3.8, 4) is 23.6 Å². The molecule has 0 bridgehead atoms. The normalized spacial score (nSPS) is 10.9. The average molecular weight is 541 g/mol. The van der Waals surface area contributed by atoms with Gasteiger partial charge in [0.1, 0.15) is 24.0 Å². The molecule has 38 heavy (non-hydrogen) atoms. The number of benzene rings is 3. The van der Waals surface area contributed by atoms with Gasteiger partial charge in [0.05, 0.1) is 27.4 Å². The maximum absolute atomic E-state index is 12.8. The molecule has 188 valence electrons. The fraction of sp³-hybridized carbons (Fsp3) is 0.100. The Morgan fingerprint density at radius 1 is 1.03 bits per heavy atom. The minimum atomic E-state index is -0.582. The second-order valence-electron chi connectivity index (χ2n) is 8.44. The number of hydrogen-bond donors (Lipinski definition) is 1. The highest BCUT2D eigenvalue weighted by Crippen LogP contribution is 2.30. The number of hydrogen-bond acceptors (Lipinski definition) is 4. The van der Waals surface area contributed by atoms with E-state index < -0.39 is 5.91 Å². The third-order valence-corrected chi connectivity index (χ3v) is 6.78. The lowest BCUT2D eigenvalue weighted by Gasteiger charge is -2.12. The molecular weight excluding hydrogens is 519 g/mol. The first-order chi connectivity index (χ1) is 18.3. The summed E-state index contributed by atoms with van der Waals surface area (Å²) in [6.07, 6.45) is 1.55. The number of ether oxygens (including phenoxy) is 1. The lowest BCUT2D eigenvalue weighted by molar-refractivity contribution is -0.112. The van der Waals surface area contributed by atoms with E-state index in [1.165, 1.54) is 0 Å². The maximum atomic E-state index is 12.8. The Kier molecular flexibility index (Phi) is 8.19. The van der Waals surface area contributed by atoms with Gasteiger partial charge in [0.15, 0.2) is 0 Å². The monoisotopic (exact) mass is 540 g/mol. The molecule has 4 aromatic rings. The fourth-order valence-electron chi connectivity index (χ4n) is 4.03. The molecule has 0 aliphatic heterocycles. The minimum Gasteiger partial charge on any atom is -0.489 e. The smallest absolute Gasteiger partial charge is 0.266 e. The Morgan fingerprint density at radius 2 is 1.76 bits per heavy atom. The molecule has 0 radical (unpaired) electrons. The number of anilines is 1. The molecule has 0 spiro atoms. The number of amides is 1. The van der Waals surface area contributed by atoms with Gasteiger partial charge in [0, 0.05) is 22.6 Å². The van der Waals surface area contributed by atoms with Crippen LogP contribution in [-0.4, -0.2) is 10.5 Å². The summed E-state index contributed by atoms with van der Waals surface area (Å²) in [6, 6.07) is 25.9. The summed E-state index contributed by atoms with van der Waals surface area (Å²) in [5.41, 5.74) is 5.10. The number of nitriles is 2. The van der Waals surface area contributed by atoms with E-state index in [2.05, 4.69) is 11.4 Å². The Balaban J connectivity index is 1.53. The zero-order valence-corrected chi connectivity index (χ0v) is 22.1. The third kappa shape index (κ3) is 5.74. The highest BCUT2D eigenvalue weighted by atomic mass is 35.5. The van der Waals surface area contributed by atoms with Gasteiger partial charge in [-0.05, 0) is 74.0 Å². The second-order valence-corrected chi connectivity index (χ2v) is 9.22. The molecule has 8 heteroatoms. The number of nitrogens with one attached hydrogen (secondary N) is 1. The molecule has 1 aromatic heterocycles. The second kappa shape index (κ2) is 11.7. The van der Waals surface area contributed by atoms with Crippen molar-refractivity contribution >= 4 is 40.9 Å². The summed E-state index contributed by atoms with van der Waals surface area (Å²) in [7, 11) is 0. The number of carbonyl (C=O) groups excluding carboxylic acids is 1. The molecule has 0 atom stereocenters. The predicted octanol–water partition coefficient (Wildman–Crippen LogP) is 7.40. The molecular formula is C30H22Cl2N4O2. The standard InChI is InChI=1S/C30H22Cl2N4O2/c1-19-14-23(15-24(17-34)30(37)35-28-9-5-8-27(31)29(28)32)20(2)36(19)25-10-12-26(13-11-25)38-18-22-7-4-3-6-21(22)16-33/h3-15H,18H2,1-2H3,(H,35,37)/b24-15-. The van der Waals surface area contributed by atoms with Crippen molar-refractivity contribution in [2.24, 2.45) is 0 Å². The maximum Gasteiger partial charge on any atom is 0.266 e. The number of carbonyl (C=O) groups is 1. The first-order valence-corrected chi connectivity index (χ1v) is 12.3. The number of aryl methyl sites for hydroxylation is 1. The van der Waals surface area contributed by atoms with E-state index in [1.54, 1.807) is 30.3 Å². The van der Waals surface area contributed by atoms with E-state index >= 15 is 0 Å². The summed E-state index contributed by atoms with van der Waals surface area (Å²) in [5, 5.41) is 22.1. The Morgan fingerprint density at radius 3 is 2.47 bits per heavy atom. The van der Waals surface area contributed by atoms with Crippen molar-refractivity contribution in [1.29, 1.82) is 10.5 Å². The van der Waals surface area contributed by atoms with Crippen molar-refractivity contribution in [1.82, 2.24) is 4.57 Å². The topological polar surface area (TPSA) is 90.8 Å². The summed E-state index contributed by atoms with van der Waals surface area (Å²) in [5.74, 6) is 0.0909. The van der Waals surface area contributed by atoms with Gasteiger partial charge in [-0.1, -0.05) is 47.5 Å². The molecule has 0 aliphatic rings. The van der Waals surface area contributed by atoms with Crippen LogP contribution < -0.4 is 10.1 Å². The Bertz CT molecular complexity index is 1620. The lowest BCUT2D eigenvalue weighted by Crippen LogP contribution is -2.13. The van der Waals surface area contributed by atoms with Crippen LogP contribution in [-0.2, 0) is 11.4 Å². The van der Waals surface area contributed by atoms with E-state index in [-0.39, 0.29) is 10.6 Å². The van der Waals surface area contributed by atoms with Gasteiger partial charge in [-0.25, -0.2) is 0 Å². The molecule has 0 fully saturated rings. The van der Waals surface area contributed by atoms with Crippen molar-refractivity contribution in [3.05, 3.63) is 116 Å². The van der Waals surface area contributed by atoms with Crippen molar-refractivity contribution in [2.45, 2.75) is 20.5 Å². The first kappa shape index (κ1) is 26.6. The highest BCUT2D eigenvalue weighted by Gasteiger charge is 2.16.